The van der Waals surface area contributed by atoms with Crippen LogP contribution in [0.3, 0.4) is 0 Å². The molecule has 174 valence electrons. The quantitative estimate of drug-likeness (QED) is 0.591. The van der Waals surface area contributed by atoms with E-state index in [0.29, 0.717) is 18.9 Å². The molecule has 1 aliphatic rings. The van der Waals surface area contributed by atoms with E-state index >= 15 is 0 Å². The maximum atomic E-state index is 13.5. The summed E-state index contributed by atoms with van der Waals surface area (Å²) in [6.45, 7) is 2.13. The highest BCUT2D eigenvalue weighted by atomic mass is 32.2. The Bertz CT molecular complexity index is 1230. The summed E-state index contributed by atoms with van der Waals surface area (Å²) in [6, 6.07) is 9.86. The van der Waals surface area contributed by atoms with E-state index < -0.39 is 21.7 Å². The number of halogens is 2. The standard InChI is InChI=1S/C22H23F2N5O3S/c1-15(16-2-4-18(5-3-16)29-14-25-13-26-29)27-22(30)17-8-10-28(11-9-17)33(31,32)19-6-7-20(23)21(24)12-19/h2-7,12-15,17H,8-11H2,1H3,(H,27,30). The molecule has 1 unspecified atom stereocenters. The monoisotopic (exact) mass is 475 g/mol. The Kier molecular flexibility index (Phi) is 6.52. The number of sulfonamides is 1. The highest BCUT2D eigenvalue weighted by Crippen LogP contribution is 2.26. The molecule has 1 atom stereocenters. The highest BCUT2D eigenvalue weighted by Gasteiger charge is 2.33. The molecule has 4 rings (SSSR count). The van der Waals surface area contributed by atoms with Crippen molar-refractivity contribution in [3.8, 4) is 5.69 Å². The molecule has 1 saturated heterocycles. The fourth-order valence-corrected chi connectivity index (χ4v) is 5.30. The molecule has 1 aliphatic heterocycles. The van der Waals surface area contributed by atoms with Gasteiger partial charge in [-0.3, -0.25) is 4.79 Å². The van der Waals surface area contributed by atoms with Crippen molar-refractivity contribution in [2.24, 2.45) is 5.92 Å². The molecule has 1 N–H and O–H groups in total. The summed E-state index contributed by atoms with van der Waals surface area (Å²) in [5.41, 5.74) is 1.77. The second-order valence-electron chi connectivity index (χ2n) is 7.92. The normalized spacial score (nSPS) is 16.5. The molecule has 8 nitrogen and oxygen atoms in total. The van der Waals surface area contributed by atoms with Crippen molar-refractivity contribution in [1.29, 1.82) is 0 Å². The smallest absolute Gasteiger partial charge is 0.243 e. The number of nitrogens with one attached hydrogen (secondary N) is 1. The molecular formula is C22H23F2N5O3S. The van der Waals surface area contributed by atoms with Crippen LogP contribution in [0, 0.1) is 17.6 Å². The second kappa shape index (κ2) is 9.36. The Morgan fingerprint density at radius 1 is 1.09 bits per heavy atom. The summed E-state index contributed by atoms with van der Waals surface area (Å²) < 4.78 is 54.9. The van der Waals surface area contributed by atoms with E-state index in [4.69, 9.17) is 0 Å². The Balaban J connectivity index is 1.34. The van der Waals surface area contributed by atoms with E-state index in [2.05, 4.69) is 15.4 Å². The summed E-state index contributed by atoms with van der Waals surface area (Å²) in [5.74, 6) is -2.80. The summed E-state index contributed by atoms with van der Waals surface area (Å²) in [5, 5.41) is 7.06. The van der Waals surface area contributed by atoms with Crippen molar-refractivity contribution in [3.05, 3.63) is 72.3 Å². The van der Waals surface area contributed by atoms with E-state index in [0.717, 1.165) is 23.4 Å². The average Bonchev–Trinajstić information content (AvgIpc) is 3.36. The van der Waals surface area contributed by atoms with Gasteiger partial charge >= 0.3 is 0 Å². The van der Waals surface area contributed by atoms with Gasteiger partial charge in [0, 0.05) is 19.0 Å². The van der Waals surface area contributed by atoms with Crippen molar-refractivity contribution >= 4 is 15.9 Å². The van der Waals surface area contributed by atoms with Gasteiger partial charge in [0.1, 0.15) is 12.7 Å². The number of benzene rings is 2. The summed E-state index contributed by atoms with van der Waals surface area (Å²) in [6.07, 6.45) is 3.73. The number of carbonyl (C=O) groups excluding carboxylic acids is 1. The van der Waals surface area contributed by atoms with Crippen LogP contribution >= 0.6 is 0 Å². The van der Waals surface area contributed by atoms with Crippen LogP contribution in [0.4, 0.5) is 8.78 Å². The van der Waals surface area contributed by atoms with Crippen LogP contribution in [0.5, 0.6) is 0 Å². The van der Waals surface area contributed by atoms with E-state index in [9.17, 15) is 22.0 Å². The van der Waals surface area contributed by atoms with Crippen molar-refractivity contribution in [1.82, 2.24) is 24.4 Å². The zero-order valence-corrected chi connectivity index (χ0v) is 18.7. The molecule has 1 aromatic heterocycles. The van der Waals surface area contributed by atoms with Crippen LogP contribution in [-0.2, 0) is 14.8 Å². The van der Waals surface area contributed by atoms with Gasteiger partial charge in [-0.2, -0.15) is 9.40 Å². The first kappa shape index (κ1) is 23.0. The van der Waals surface area contributed by atoms with Gasteiger partial charge in [-0.05, 0) is 55.7 Å². The number of rotatable bonds is 6. The minimum atomic E-state index is -3.96. The molecule has 0 saturated carbocycles. The predicted octanol–water partition coefficient (Wildman–Crippen LogP) is 2.82. The van der Waals surface area contributed by atoms with Gasteiger partial charge in [-0.15, -0.1) is 0 Å². The van der Waals surface area contributed by atoms with Crippen molar-refractivity contribution in [2.45, 2.75) is 30.7 Å². The summed E-state index contributed by atoms with van der Waals surface area (Å²) >= 11 is 0. The first-order valence-electron chi connectivity index (χ1n) is 10.5. The molecule has 3 aromatic rings. The van der Waals surface area contributed by atoms with E-state index in [1.54, 1.807) is 11.0 Å². The van der Waals surface area contributed by atoms with Crippen LogP contribution in [0.2, 0.25) is 0 Å². The number of amides is 1. The molecule has 0 spiro atoms. The molecule has 0 radical (unpaired) electrons. The number of hydrogen-bond donors (Lipinski definition) is 1. The third-order valence-electron chi connectivity index (χ3n) is 5.79. The van der Waals surface area contributed by atoms with Crippen molar-refractivity contribution in [2.75, 3.05) is 13.1 Å². The lowest BCUT2D eigenvalue weighted by atomic mass is 9.96. The summed E-state index contributed by atoms with van der Waals surface area (Å²) in [7, 11) is -3.96. The molecule has 2 heterocycles. The van der Waals surface area contributed by atoms with Gasteiger partial charge in [0.15, 0.2) is 11.6 Å². The number of hydrogen-bond acceptors (Lipinski definition) is 5. The van der Waals surface area contributed by atoms with Crippen LogP contribution in [0.1, 0.15) is 31.4 Å². The number of aromatic nitrogens is 3. The predicted molar refractivity (Wildman–Crippen MR) is 116 cm³/mol. The van der Waals surface area contributed by atoms with Crippen LogP contribution < -0.4 is 5.32 Å². The lowest BCUT2D eigenvalue weighted by Crippen LogP contribution is -2.43. The van der Waals surface area contributed by atoms with E-state index in [-0.39, 0.29) is 35.9 Å². The molecule has 1 fully saturated rings. The first-order chi connectivity index (χ1) is 15.8. The maximum absolute atomic E-state index is 13.5. The zero-order valence-electron chi connectivity index (χ0n) is 17.9. The van der Waals surface area contributed by atoms with Gasteiger partial charge in [0.25, 0.3) is 0 Å². The number of piperidine rings is 1. The topological polar surface area (TPSA) is 97.2 Å². The minimum absolute atomic E-state index is 0.125. The Labute approximate surface area is 190 Å². The van der Waals surface area contributed by atoms with Crippen LogP contribution in [0.25, 0.3) is 5.69 Å². The molecule has 0 bridgehead atoms. The fourth-order valence-electron chi connectivity index (χ4n) is 3.82. The van der Waals surface area contributed by atoms with Crippen molar-refractivity contribution < 1.29 is 22.0 Å². The third kappa shape index (κ3) is 4.93. The summed E-state index contributed by atoms with van der Waals surface area (Å²) in [4.78, 5) is 16.4. The minimum Gasteiger partial charge on any atom is -0.349 e. The zero-order chi connectivity index (χ0) is 23.6. The molecule has 0 aliphatic carbocycles. The molecule has 1 amide bonds. The van der Waals surface area contributed by atoms with Crippen molar-refractivity contribution in [3.63, 3.8) is 0 Å². The van der Waals surface area contributed by atoms with Gasteiger partial charge in [0.05, 0.1) is 16.6 Å². The van der Waals surface area contributed by atoms with Gasteiger partial charge < -0.3 is 5.32 Å². The Hall–Kier alpha value is -3.18. The van der Waals surface area contributed by atoms with Crippen LogP contribution in [-0.4, -0.2) is 46.5 Å². The fraction of sp³-hybridized carbons (Fsp3) is 0.318. The van der Waals surface area contributed by atoms with Gasteiger partial charge in [-0.25, -0.2) is 26.9 Å². The highest BCUT2D eigenvalue weighted by molar-refractivity contribution is 7.89. The maximum Gasteiger partial charge on any atom is 0.243 e. The molecule has 33 heavy (non-hydrogen) atoms. The second-order valence-corrected chi connectivity index (χ2v) is 9.85. The van der Waals surface area contributed by atoms with E-state index in [1.807, 2.05) is 31.2 Å². The lowest BCUT2D eigenvalue weighted by Gasteiger charge is -2.31. The average molecular weight is 476 g/mol. The third-order valence-corrected chi connectivity index (χ3v) is 7.68. The van der Waals surface area contributed by atoms with Gasteiger partial charge in [0.2, 0.25) is 15.9 Å². The van der Waals surface area contributed by atoms with Crippen LogP contribution in [0.15, 0.2) is 60.0 Å². The van der Waals surface area contributed by atoms with E-state index in [1.165, 1.54) is 10.6 Å². The molecular weight excluding hydrogens is 452 g/mol. The Morgan fingerprint density at radius 2 is 1.79 bits per heavy atom. The molecule has 2 aromatic carbocycles. The Morgan fingerprint density at radius 3 is 2.39 bits per heavy atom. The SMILES string of the molecule is CC(NC(=O)C1CCN(S(=O)(=O)c2ccc(F)c(F)c2)CC1)c1ccc(-n2cncn2)cc1. The number of carbonyl (C=O) groups is 1. The van der Waals surface area contributed by atoms with Gasteiger partial charge in [-0.1, -0.05) is 12.1 Å². The first-order valence-corrected chi connectivity index (χ1v) is 11.9. The lowest BCUT2D eigenvalue weighted by molar-refractivity contribution is -0.126. The number of nitrogens with zero attached hydrogens (tertiary/aromatic N) is 4. The largest absolute Gasteiger partial charge is 0.349 e. The molecule has 11 heteroatoms.